The summed E-state index contributed by atoms with van der Waals surface area (Å²) in [5, 5.41) is 9.42. The molecule has 1 atom stereocenters. The lowest BCUT2D eigenvalue weighted by Gasteiger charge is -2.28. The van der Waals surface area contributed by atoms with Crippen molar-refractivity contribution in [3.63, 3.8) is 0 Å². The lowest BCUT2D eigenvalue weighted by Crippen LogP contribution is -2.30. The van der Waals surface area contributed by atoms with E-state index in [9.17, 15) is 9.50 Å². The molecular formula is C14H19FO3. The van der Waals surface area contributed by atoms with Gasteiger partial charge in [-0.25, -0.2) is 4.39 Å². The first-order valence-electron chi connectivity index (χ1n) is 6.36. The maximum Gasteiger partial charge on any atom is 0.123 e. The van der Waals surface area contributed by atoms with E-state index in [4.69, 9.17) is 9.47 Å². The summed E-state index contributed by atoms with van der Waals surface area (Å²) in [5.74, 6) is 0.940. The summed E-state index contributed by atoms with van der Waals surface area (Å²) in [6.45, 7) is 2.11. The highest BCUT2D eigenvalue weighted by molar-refractivity contribution is 5.22. The summed E-state index contributed by atoms with van der Waals surface area (Å²) in [6.07, 6.45) is 1.94. The second-order valence-corrected chi connectivity index (χ2v) is 4.66. The van der Waals surface area contributed by atoms with Gasteiger partial charge in [-0.1, -0.05) is 0 Å². The molecule has 0 aromatic heterocycles. The molecule has 1 aromatic rings. The molecule has 0 saturated carbocycles. The van der Waals surface area contributed by atoms with Crippen LogP contribution in [-0.4, -0.2) is 31.5 Å². The highest BCUT2D eigenvalue weighted by Gasteiger charge is 2.24. The number of hydrogen-bond donors (Lipinski definition) is 1. The van der Waals surface area contributed by atoms with Crippen LogP contribution in [0, 0.1) is 17.7 Å². The van der Waals surface area contributed by atoms with Crippen molar-refractivity contribution in [3.05, 3.63) is 30.1 Å². The predicted molar refractivity (Wildman–Crippen MR) is 66.0 cm³/mol. The molecule has 18 heavy (non-hydrogen) atoms. The van der Waals surface area contributed by atoms with Crippen molar-refractivity contribution >= 4 is 0 Å². The second-order valence-electron chi connectivity index (χ2n) is 4.66. The van der Waals surface area contributed by atoms with E-state index in [0.717, 1.165) is 26.1 Å². The summed E-state index contributed by atoms with van der Waals surface area (Å²) < 4.78 is 23.6. The monoisotopic (exact) mass is 254 g/mol. The van der Waals surface area contributed by atoms with Gasteiger partial charge in [0.05, 0.1) is 6.61 Å². The van der Waals surface area contributed by atoms with Crippen LogP contribution in [0.4, 0.5) is 4.39 Å². The SMILES string of the molecule is OCC(COc1ccc(F)cc1)C1CCOCC1. The van der Waals surface area contributed by atoms with Crippen LogP contribution in [0.1, 0.15) is 12.8 Å². The van der Waals surface area contributed by atoms with Crippen molar-refractivity contribution in [3.8, 4) is 5.75 Å². The van der Waals surface area contributed by atoms with Crippen LogP contribution in [0.5, 0.6) is 5.75 Å². The Hall–Kier alpha value is -1.13. The third-order valence-corrected chi connectivity index (χ3v) is 3.44. The van der Waals surface area contributed by atoms with Gasteiger partial charge in [0.2, 0.25) is 0 Å². The Morgan fingerprint density at radius 2 is 1.94 bits per heavy atom. The van der Waals surface area contributed by atoms with Gasteiger partial charge in [0, 0.05) is 25.7 Å². The number of rotatable bonds is 5. The standard InChI is InChI=1S/C14H19FO3/c15-13-1-3-14(4-2-13)18-10-12(9-16)11-5-7-17-8-6-11/h1-4,11-12,16H,5-10H2. The number of aliphatic hydroxyl groups excluding tert-OH is 1. The van der Waals surface area contributed by atoms with Crippen LogP contribution < -0.4 is 4.74 Å². The first-order valence-corrected chi connectivity index (χ1v) is 6.36. The number of ether oxygens (including phenoxy) is 2. The van der Waals surface area contributed by atoms with Gasteiger partial charge in [-0.15, -0.1) is 0 Å². The van der Waals surface area contributed by atoms with Gasteiger partial charge in [-0.3, -0.25) is 0 Å². The summed E-state index contributed by atoms with van der Waals surface area (Å²) in [4.78, 5) is 0. The Bertz CT molecular complexity index is 347. The Morgan fingerprint density at radius 1 is 1.28 bits per heavy atom. The van der Waals surface area contributed by atoms with E-state index < -0.39 is 0 Å². The molecule has 0 radical (unpaired) electrons. The Balaban J connectivity index is 1.84. The normalized spacial score (nSPS) is 18.6. The summed E-state index contributed by atoms with van der Waals surface area (Å²) in [5.41, 5.74) is 0. The Morgan fingerprint density at radius 3 is 2.56 bits per heavy atom. The molecule has 100 valence electrons. The highest BCUT2D eigenvalue weighted by Crippen LogP contribution is 2.24. The Labute approximate surface area is 107 Å². The number of hydrogen-bond acceptors (Lipinski definition) is 3. The molecule has 1 fully saturated rings. The topological polar surface area (TPSA) is 38.7 Å². The van der Waals surface area contributed by atoms with Crippen molar-refractivity contribution in [2.24, 2.45) is 11.8 Å². The van der Waals surface area contributed by atoms with E-state index in [1.165, 1.54) is 12.1 Å². The molecule has 1 saturated heterocycles. The number of benzene rings is 1. The molecule has 1 heterocycles. The number of aliphatic hydroxyl groups is 1. The lowest BCUT2D eigenvalue weighted by atomic mass is 9.87. The minimum Gasteiger partial charge on any atom is -0.493 e. The van der Waals surface area contributed by atoms with E-state index >= 15 is 0 Å². The van der Waals surface area contributed by atoms with E-state index in [2.05, 4.69) is 0 Å². The minimum atomic E-state index is -0.273. The molecule has 1 aromatic carbocycles. The quantitative estimate of drug-likeness (QED) is 0.875. The van der Waals surface area contributed by atoms with E-state index in [0.29, 0.717) is 18.3 Å². The zero-order valence-corrected chi connectivity index (χ0v) is 10.3. The maximum atomic E-state index is 12.7. The molecule has 1 unspecified atom stereocenters. The third kappa shape index (κ3) is 3.68. The fourth-order valence-corrected chi connectivity index (χ4v) is 2.26. The van der Waals surface area contributed by atoms with Gasteiger partial charge < -0.3 is 14.6 Å². The van der Waals surface area contributed by atoms with Gasteiger partial charge in [0.15, 0.2) is 0 Å². The van der Waals surface area contributed by atoms with Crippen molar-refractivity contribution in [1.29, 1.82) is 0 Å². The van der Waals surface area contributed by atoms with E-state index in [1.54, 1.807) is 12.1 Å². The molecule has 2 rings (SSSR count). The zero-order valence-electron chi connectivity index (χ0n) is 10.3. The van der Waals surface area contributed by atoms with E-state index in [1.807, 2.05) is 0 Å². The van der Waals surface area contributed by atoms with Crippen LogP contribution in [-0.2, 0) is 4.74 Å². The van der Waals surface area contributed by atoms with Crippen LogP contribution in [0.25, 0.3) is 0 Å². The molecule has 0 aliphatic carbocycles. The summed E-state index contributed by atoms with van der Waals surface area (Å²) in [6, 6.07) is 5.96. The van der Waals surface area contributed by atoms with Crippen molar-refractivity contribution in [1.82, 2.24) is 0 Å². The van der Waals surface area contributed by atoms with Crippen molar-refractivity contribution in [2.45, 2.75) is 12.8 Å². The fourth-order valence-electron chi connectivity index (χ4n) is 2.26. The second kappa shape index (κ2) is 6.71. The molecule has 0 bridgehead atoms. The molecule has 1 aliphatic rings. The minimum absolute atomic E-state index is 0.117. The smallest absolute Gasteiger partial charge is 0.123 e. The van der Waals surface area contributed by atoms with Crippen LogP contribution in [0.3, 0.4) is 0 Å². The van der Waals surface area contributed by atoms with Gasteiger partial charge in [-0.05, 0) is 43.0 Å². The van der Waals surface area contributed by atoms with Crippen molar-refractivity contribution < 1.29 is 19.0 Å². The van der Waals surface area contributed by atoms with Gasteiger partial charge in [0.25, 0.3) is 0 Å². The van der Waals surface area contributed by atoms with Crippen LogP contribution in [0.2, 0.25) is 0 Å². The highest BCUT2D eigenvalue weighted by atomic mass is 19.1. The van der Waals surface area contributed by atoms with Crippen LogP contribution >= 0.6 is 0 Å². The average Bonchev–Trinajstić information content (AvgIpc) is 2.43. The van der Waals surface area contributed by atoms with E-state index in [-0.39, 0.29) is 18.3 Å². The molecular weight excluding hydrogens is 235 g/mol. The molecule has 1 N–H and O–H groups in total. The summed E-state index contributed by atoms with van der Waals surface area (Å²) in [7, 11) is 0. The predicted octanol–water partition coefficient (Wildman–Crippen LogP) is 2.24. The molecule has 1 aliphatic heterocycles. The molecule has 4 heteroatoms. The van der Waals surface area contributed by atoms with Crippen LogP contribution in [0.15, 0.2) is 24.3 Å². The summed E-state index contributed by atoms with van der Waals surface area (Å²) >= 11 is 0. The fraction of sp³-hybridized carbons (Fsp3) is 0.571. The first-order chi connectivity index (χ1) is 8.79. The van der Waals surface area contributed by atoms with Gasteiger partial charge >= 0.3 is 0 Å². The molecule has 0 spiro atoms. The molecule has 3 nitrogen and oxygen atoms in total. The molecule has 0 amide bonds. The average molecular weight is 254 g/mol. The third-order valence-electron chi connectivity index (χ3n) is 3.44. The Kier molecular flexibility index (Phi) is 4.96. The first kappa shape index (κ1) is 13.3. The van der Waals surface area contributed by atoms with Gasteiger partial charge in [-0.2, -0.15) is 0 Å². The largest absolute Gasteiger partial charge is 0.493 e. The number of halogens is 1. The zero-order chi connectivity index (χ0) is 12.8. The maximum absolute atomic E-state index is 12.7. The lowest BCUT2D eigenvalue weighted by molar-refractivity contribution is 0.0199. The van der Waals surface area contributed by atoms with Crippen molar-refractivity contribution in [2.75, 3.05) is 26.4 Å². The van der Waals surface area contributed by atoms with Gasteiger partial charge in [0.1, 0.15) is 11.6 Å².